The number of amides is 1. The normalized spacial score (nSPS) is 14.6. The maximum absolute atomic E-state index is 13.2. The van der Waals surface area contributed by atoms with Crippen LogP contribution in [0, 0.1) is 13.8 Å². The molecule has 140 valence electrons. The van der Waals surface area contributed by atoms with Gasteiger partial charge in [0.1, 0.15) is 17.0 Å². The van der Waals surface area contributed by atoms with Crippen LogP contribution >= 0.6 is 22.9 Å². The second-order valence-electron chi connectivity index (χ2n) is 6.87. The van der Waals surface area contributed by atoms with Crippen LogP contribution in [0.3, 0.4) is 0 Å². The molecule has 1 saturated heterocycles. The van der Waals surface area contributed by atoms with Gasteiger partial charge in [-0.1, -0.05) is 17.7 Å². The van der Waals surface area contributed by atoms with E-state index in [0.717, 1.165) is 58.1 Å². The molecular weight excluding hydrogens is 380 g/mol. The number of nitrogens with zero attached hydrogens (tertiary/aromatic N) is 3. The van der Waals surface area contributed by atoms with Crippen LogP contribution in [0.15, 0.2) is 24.5 Å². The van der Waals surface area contributed by atoms with Gasteiger partial charge in [-0.2, -0.15) is 0 Å². The van der Waals surface area contributed by atoms with Gasteiger partial charge in [-0.3, -0.25) is 4.79 Å². The van der Waals surface area contributed by atoms with Crippen molar-refractivity contribution in [2.45, 2.75) is 33.1 Å². The standard InChI is InChI=1S/C20H21ClN4OS/c1-12-6-7-14(21)10-15(12)24-19(26)16-13(2)27-20-17(16)18(22-11-23-20)25-8-4-3-5-9-25/h6-7,10-11H,3-5,8-9H2,1-2H3,(H,24,26). The summed E-state index contributed by atoms with van der Waals surface area (Å²) in [5, 5.41) is 4.48. The van der Waals surface area contributed by atoms with E-state index in [1.807, 2.05) is 26.0 Å². The Balaban J connectivity index is 1.77. The first-order chi connectivity index (χ1) is 13.0. The van der Waals surface area contributed by atoms with Crippen molar-refractivity contribution in [3.05, 3.63) is 45.6 Å². The van der Waals surface area contributed by atoms with Crippen LogP contribution < -0.4 is 10.2 Å². The SMILES string of the molecule is Cc1ccc(Cl)cc1NC(=O)c1c(C)sc2ncnc(N3CCCCC3)c12. The zero-order valence-corrected chi connectivity index (χ0v) is 17.0. The summed E-state index contributed by atoms with van der Waals surface area (Å²) in [6, 6.07) is 5.50. The van der Waals surface area contributed by atoms with Gasteiger partial charge in [-0.15, -0.1) is 11.3 Å². The molecule has 1 aromatic carbocycles. The minimum atomic E-state index is -0.142. The van der Waals surface area contributed by atoms with Crippen LogP contribution in [0.2, 0.25) is 5.02 Å². The Labute approximate surface area is 167 Å². The maximum Gasteiger partial charge on any atom is 0.257 e. The van der Waals surface area contributed by atoms with Crippen LogP contribution in [-0.2, 0) is 0 Å². The quantitative estimate of drug-likeness (QED) is 0.656. The number of anilines is 2. The zero-order valence-electron chi connectivity index (χ0n) is 15.4. The Morgan fingerprint density at radius 2 is 1.96 bits per heavy atom. The molecule has 0 spiro atoms. The van der Waals surface area contributed by atoms with E-state index in [4.69, 9.17) is 11.6 Å². The molecule has 1 aliphatic heterocycles. The number of nitrogens with one attached hydrogen (secondary N) is 1. The van der Waals surface area contributed by atoms with E-state index < -0.39 is 0 Å². The number of hydrogen-bond acceptors (Lipinski definition) is 5. The van der Waals surface area contributed by atoms with Crippen molar-refractivity contribution in [3.63, 3.8) is 0 Å². The summed E-state index contributed by atoms with van der Waals surface area (Å²) < 4.78 is 0. The number of rotatable bonds is 3. The van der Waals surface area contributed by atoms with Gasteiger partial charge in [0.15, 0.2) is 0 Å². The number of piperidine rings is 1. The van der Waals surface area contributed by atoms with Crippen molar-refractivity contribution in [2.75, 3.05) is 23.3 Å². The maximum atomic E-state index is 13.2. The van der Waals surface area contributed by atoms with E-state index in [9.17, 15) is 4.79 Å². The number of carbonyl (C=O) groups is 1. The van der Waals surface area contributed by atoms with Crippen molar-refractivity contribution < 1.29 is 4.79 Å². The number of benzene rings is 1. The minimum Gasteiger partial charge on any atom is -0.356 e. The molecule has 4 rings (SSSR count). The number of carbonyl (C=O) groups excluding carboxylic acids is 1. The average Bonchev–Trinajstić information content (AvgIpc) is 3.01. The summed E-state index contributed by atoms with van der Waals surface area (Å²) in [5.41, 5.74) is 2.36. The molecule has 0 unspecified atom stereocenters. The van der Waals surface area contributed by atoms with E-state index in [1.54, 1.807) is 12.4 Å². The first-order valence-electron chi connectivity index (χ1n) is 9.11. The van der Waals surface area contributed by atoms with Gasteiger partial charge < -0.3 is 10.2 Å². The minimum absolute atomic E-state index is 0.142. The summed E-state index contributed by atoms with van der Waals surface area (Å²) >= 11 is 7.64. The summed E-state index contributed by atoms with van der Waals surface area (Å²) in [5.74, 6) is 0.731. The fourth-order valence-corrected chi connectivity index (χ4v) is 4.72. The van der Waals surface area contributed by atoms with Gasteiger partial charge in [0.05, 0.1) is 10.9 Å². The Bertz CT molecular complexity index is 1010. The topological polar surface area (TPSA) is 58.1 Å². The predicted molar refractivity (Wildman–Crippen MR) is 112 cm³/mol. The molecule has 27 heavy (non-hydrogen) atoms. The van der Waals surface area contributed by atoms with Crippen molar-refractivity contribution in [3.8, 4) is 0 Å². The largest absolute Gasteiger partial charge is 0.356 e. The highest BCUT2D eigenvalue weighted by atomic mass is 35.5. The average molecular weight is 401 g/mol. The second kappa shape index (κ2) is 7.44. The van der Waals surface area contributed by atoms with Crippen LogP contribution in [0.4, 0.5) is 11.5 Å². The summed E-state index contributed by atoms with van der Waals surface area (Å²) in [4.78, 5) is 26.2. The lowest BCUT2D eigenvalue weighted by Crippen LogP contribution is -2.30. The molecule has 0 bridgehead atoms. The number of aryl methyl sites for hydroxylation is 2. The molecule has 0 aliphatic carbocycles. The predicted octanol–water partition coefficient (Wildman–Crippen LogP) is 5.20. The Hall–Kier alpha value is -2.18. The molecule has 3 heterocycles. The fourth-order valence-electron chi connectivity index (χ4n) is 3.56. The lowest BCUT2D eigenvalue weighted by molar-refractivity contribution is 0.102. The van der Waals surface area contributed by atoms with E-state index in [-0.39, 0.29) is 5.91 Å². The molecule has 0 radical (unpaired) electrons. The molecule has 2 aromatic heterocycles. The molecule has 3 aromatic rings. The molecule has 1 amide bonds. The summed E-state index contributed by atoms with van der Waals surface area (Å²) in [6.07, 6.45) is 5.15. The fraction of sp³-hybridized carbons (Fsp3) is 0.350. The number of fused-ring (bicyclic) bond motifs is 1. The van der Waals surface area contributed by atoms with E-state index in [2.05, 4.69) is 20.2 Å². The number of aromatic nitrogens is 2. The van der Waals surface area contributed by atoms with Crippen molar-refractivity contribution in [1.82, 2.24) is 9.97 Å². The highest BCUT2D eigenvalue weighted by molar-refractivity contribution is 7.19. The van der Waals surface area contributed by atoms with E-state index >= 15 is 0 Å². The van der Waals surface area contributed by atoms with Crippen molar-refractivity contribution in [2.24, 2.45) is 0 Å². The monoisotopic (exact) mass is 400 g/mol. The number of thiophene rings is 1. The summed E-state index contributed by atoms with van der Waals surface area (Å²) in [7, 11) is 0. The third kappa shape index (κ3) is 3.51. The molecule has 1 aliphatic rings. The van der Waals surface area contributed by atoms with Crippen LogP contribution in [0.1, 0.15) is 40.1 Å². The Morgan fingerprint density at radius 3 is 2.74 bits per heavy atom. The molecule has 0 atom stereocenters. The van der Waals surface area contributed by atoms with E-state index in [0.29, 0.717) is 10.6 Å². The van der Waals surface area contributed by atoms with Crippen LogP contribution in [-0.4, -0.2) is 29.0 Å². The third-order valence-corrected chi connectivity index (χ3v) is 6.22. The van der Waals surface area contributed by atoms with Crippen molar-refractivity contribution >= 4 is 50.6 Å². The van der Waals surface area contributed by atoms with E-state index in [1.165, 1.54) is 17.8 Å². The van der Waals surface area contributed by atoms with Crippen molar-refractivity contribution in [1.29, 1.82) is 0 Å². The lowest BCUT2D eigenvalue weighted by atomic mass is 10.1. The molecule has 0 saturated carbocycles. The number of hydrogen-bond donors (Lipinski definition) is 1. The van der Waals surface area contributed by atoms with Gasteiger partial charge in [0.2, 0.25) is 0 Å². The third-order valence-electron chi connectivity index (χ3n) is 4.97. The molecule has 1 N–H and O–H groups in total. The zero-order chi connectivity index (χ0) is 19.0. The first kappa shape index (κ1) is 18.2. The van der Waals surface area contributed by atoms with Gasteiger partial charge in [0.25, 0.3) is 5.91 Å². The molecular formula is C20H21ClN4OS. The highest BCUT2D eigenvalue weighted by Gasteiger charge is 2.24. The van der Waals surface area contributed by atoms with Gasteiger partial charge in [0, 0.05) is 28.7 Å². The van der Waals surface area contributed by atoms with Crippen LogP contribution in [0.5, 0.6) is 0 Å². The van der Waals surface area contributed by atoms with Gasteiger partial charge in [-0.25, -0.2) is 9.97 Å². The highest BCUT2D eigenvalue weighted by Crippen LogP contribution is 2.36. The molecule has 7 heteroatoms. The Kier molecular flexibility index (Phi) is 5.02. The smallest absolute Gasteiger partial charge is 0.257 e. The molecule has 1 fully saturated rings. The van der Waals surface area contributed by atoms with Crippen LogP contribution in [0.25, 0.3) is 10.2 Å². The second-order valence-corrected chi connectivity index (χ2v) is 8.51. The Morgan fingerprint density at radius 1 is 1.19 bits per heavy atom. The first-order valence-corrected chi connectivity index (χ1v) is 10.3. The summed E-state index contributed by atoms with van der Waals surface area (Å²) in [6.45, 7) is 5.85. The number of halogens is 1. The molecule has 5 nitrogen and oxygen atoms in total. The van der Waals surface area contributed by atoms with Gasteiger partial charge in [-0.05, 0) is 50.8 Å². The van der Waals surface area contributed by atoms with Gasteiger partial charge >= 0.3 is 0 Å². The lowest BCUT2D eigenvalue weighted by Gasteiger charge is -2.28.